The predicted molar refractivity (Wildman–Crippen MR) is 128 cm³/mol. The average Bonchev–Trinajstić information content (AvgIpc) is 2.64. The van der Waals surface area contributed by atoms with Crippen LogP contribution in [-0.4, -0.2) is 29.7 Å². The van der Waals surface area contributed by atoms with Gasteiger partial charge in [0.1, 0.15) is 0 Å². The van der Waals surface area contributed by atoms with Crippen LogP contribution < -0.4 is 11.1 Å². The van der Waals surface area contributed by atoms with Gasteiger partial charge < -0.3 is 16.2 Å². The van der Waals surface area contributed by atoms with E-state index < -0.39 is 5.60 Å². The van der Waals surface area contributed by atoms with E-state index in [0.29, 0.717) is 13.0 Å². The molecule has 0 atom stereocenters. The number of hydrogen-bond acceptors (Lipinski definition) is 3. The molecule has 0 rings (SSSR count). The molecular weight excluding hydrogens is 360 g/mol. The lowest BCUT2D eigenvalue weighted by Gasteiger charge is -2.16. The van der Waals surface area contributed by atoms with Crippen molar-refractivity contribution in [2.24, 2.45) is 5.73 Å². The molecule has 4 heteroatoms. The fraction of sp³-hybridized carbons (Fsp3) is 0.960. The van der Waals surface area contributed by atoms with Crippen LogP contribution in [0.4, 0.5) is 0 Å². The van der Waals surface area contributed by atoms with Crippen molar-refractivity contribution in [3.63, 3.8) is 0 Å². The minimum absolute atomic E-state index is 0.153. The van der Waals surface area contributed by atoms with E-state index in [2.05, 4.69) is 19.2 Å². The first-order valence-electron chi connectivity index (χ1n) is 12.5. The van der Waals surface area contributed by atoms with Crippen LogP contribution in [0.3, 0.4) is 0 Å². The van der Waals surface area contributed by atoms with Gasteiger partial charge in [0.25, 0.3) is 0 Å². The van der Waals surface area contributed by atoms with Crippen molar-refractivity contribution in [1.82, 2.24) is 5.32 Å². The van der Waals surface area contributed by atoms with Crippen molar-refractivity contribution >= 4 is 5.91 Å². The number of rotatable bonds is 20. The summed E-state index contributed by atoms with van der Waals surface area (Å²) in [6.07, 6.45) is 22.0. The summed E-state index contributed by atoms with van der Waals surface area (Å²) in [6.45, 7) is 9.66. The molecule has 176 valence electrons. The topological polar surface area (TPSA) is 75.4 Å². The van der Waals surface area contributed by atoms with Crippen molar-refractivity contribution in [3.05, 3.63) is 0 Å². The smallest absolute Gasteiger partial charge is 0.217 e. The Morgan fingerprint density at radius 3 is 1.41 bits per heavy atom. The van der Waals surface area contributed by atoms with Gasteiger partial charge in [0.2, 0.25) is 5.91 Å². The fourth-order valence-electron chi connectivity index (χ4n) is 3.24. The van der Waals surface area contributed by atoms with E-state index in [-0.39, 0.29) is 5.91 Å². The molecule has 0 saturated carbocycles. The largest absolute Gasteiger partial charge is 0.389 e. The lowest BCUT2D eigenvalue weighted by molar-refractivity contribution is -0.118. The number of amides is 1. The molecule has 1 amide bonds. The molecule has 0 aliphatic rings. The highest BCUT2D eigenvalue weighted by Crippen LogP contribution is 2.13. The van der Waals surface area contributed by atoms with E-state index in [4.69, 9.17) is 5.73 Å². The van der Waals surface area contributed by atoms with Gasteiger partial charge in [-0.2, -0.15) is 0 Å². The summed E-state index contributed by atoms with van der Waals surface area (Å²) in [5.74, 6) is -0.153. The van der Waals surface area contributed by atoms with Gasteiger partial charge in [-0.05, 0) is 33.2 Å². The van der Waals surface area contributed by atoms with Gasteiger partial charge in [0.05, 0.1) is 5.60 Å². The molecule has 0 heterocycles. The first-order chi connectivity index (χ1) is 13.8. The van der Waals surface area contributed by atoms with Gasteiger partial charge in [-0.3, -0.25) is 4.79 Å². The number of primary amides is 1. The van der Waals surface area contributed by atoms with Gasteiger partial charge in [-0.15, -0.1) is 0 Å². The van der Waals surface area contributed by atoms with Crippen LogP contribution in [0.15, 0.2) is 0 Å². The van der Waals surface area contributed by atoms with Crippen molar-refractivity contribution in [1.29, 1.82) is 0 Å². The fourth-order valence-corrected chi connectivity index (χ4v) is 3.24. The minimum atomic E-state index is -0.560. The highest BCUT2D eigenvalue weighted by Gasteiger charge is 2.09. The molecule has 0 aromatic rings. The van der Waals surface area contributed by atoms with Gasteiger partial charge >= 0.3 is 0 Å². The van der Waals surface area contributed by atoms with Crippen LogP contribution in [0.1, 0.15) is 137 Å². The third-order valence-corrected chi connectivity index (χ3v) is 5.01. The Balaban J connectivity index is 0. The van der Waals surface area contributed by atoms with E-state index in [1.165, 1.54) is 89.9 Å². The molecule has 4 nitrogen and oxygen atoms in total. The standard InChI is InChI=1S/C18H37NO.C7H17NO/c1-2-3-4-5-6-7-8-9-10-11-12-13-14-15-16-17-18(19)20;1-4-5-8-6-7(2,3)9/h2-17H2,1H3,(H2,19,20);8-9H,4-6H2,1-3H3. The lowest BCUT2D eigenvalue weighted by atomic mass is 10.0. The zero-order valence-corrected chi connectivity index (χ0v) is 20.4. The molecule has 0 aliphatic heterocycles. The normalized spacial score (nSPS) is 11.2. The minimum Gasteiger partial charge on any atom is -0.389 e. The molecule has 0 aromatic heterocycles. The second-order valence-electron chi connectivity index (χ2n) is 9.16. The average molecular weight is 415 g/mol. The Morgan fingerprint density at radius 1 is 0.724 bits per heavy atom. The number of carbonyl (C=O) groups is 1. The molecular formula is C25H54N2O2. The van der Waals surface area contributed by atoms with E-state index in [1.54, 1.807) is 13.8 Å². The van der Waals surface area contributed by atoms with E-state index in [9.17, 15) is 9.90 Å². The summed E-state index contributed by atoms with van der Waals surface area (Å²) >= 11 is 0. The summed E-state index contributed by atoms with van der Waals surface area (Å²) < 4.78 is 0. The zero-order valence-electron chi connectivity index (χ0n) is 20.4. The van der Waals surface area contributed by atoms with E-state index in [0.717, 1.165) is 19.4 Å². The highest BCUT2D eigenvalue weighted by atomic mass is 16.3. The SMILES string of the molecule is CCCCCCCCCCCCCCCCCC(N)=O.CCCNCC(C)(C)O. The quantitative estimate of drug-likeness (QED) is 0.199. The van der Waals surface area contributed by atoms with Crippen LogP contribution in [0.2, 0.25) is 0 Å². The maximum atomic E-state index is 10.6. The number of aliphatic hydroxyl groups is 1. The Morgan fingerprint density at radius 2 is 1.10 bits per heavy atom. The van der Waals surface area contributed by atoms with Crippen LogP contribution >= 0.6 is 0 Å². The molecule has 0 aromatic carbocycles. The van der Waals surface area contributed by atoms with Gasteiger partial charge in [-0.25, -0.2) is 0 Å². The number of unbranched alkanes of at least 4 members (excludes halogenated alkanes) is 14. The monoisotopic (exact) mass is 414 g/mol. The molecule has 0 aliphatic carbocycles. The second kappa shape index (κ2) is 23.7. The van der Waals surface area contributed by atoms with E-state index >= 15 is 0 Å². The highest BCUT2D eigenvalue weighted by molar-refractivity contribution is 5.73. The molecule has 0 unspecified atom stereocenters. The molecule has 0 bridgehead atoms. The molecule has 0 radical (unpaired) electrons. The Labute approximate surface area is 182 Å². The van der Waals surface area contributed by atoms with Crippen molar-refractivity contribution in [2.75, 3.05) is 13.1 Å². The summed E-state index contributed by atoms with van der Waals surface area (Å²) in [4.78, 5) is 10.6. The van der Waals surface area contributed by atoms with E-state index in [1.807, 2.05) is 0 Å². The Kier molecular flexibility index (Phi) is 25.0. The molecule has 29 heavy (non-hydrogen) atoms. The summed E-state index contributed by atoms with van der Waals surface area (Å²) in [6, 6.07) is 0. The first kappa shape index (κ1) is 30.6. The van der Waals surface area contributed by atoms with Gasteiger partial charge in [-0.1, -0.05) is 104 Å². The maximum Gasteiger partial charge on any atom is 0.217 e. The lowest BCUT2D eigenvalue weighted by Crippen LogP contribution is -2.34. The Hall–Kier alpha value is -0.610. The number of hydrogen-bond donors (Lipinski definition) is 3. The number of nitrogens with two attached hydrogens (primary N) is 1. The number of carbonyl (C=O) groups excluding carboxylic acids is 1. The van der Waals surface area contributed by atoms with Crippen LogP contribution in [0.25, 0.3) is 0 Å². The summed E-state index contributed by atoms with van der Waals surface area (Å²) in [5, 5.41) is 12.3. The molecule has 4 N–H and O–H groups in total. The van der Waals surface area contributed by atoms with Crippen LogP contribution in [0, 0.1) is 0 Å². The second-order valence-corrected chi connectivity index (χ2v) is 9.16. The summed E-state index contributed by atoms with van der Waals surface area (Å²) in [7, 11) is 0. The van der Waals surface area contributed by atoms with Crippen molar-refractivity contribution in [2.45, 2.75) is 142 Å². The van der Waals surface area contributed by atoms with Gasteiger partial charge in [0, 0.05) is 13.0 Å². The third kappa shape index (κ3) is 35.2. The van der Waals surface area contributed by atoms with Crippen LogP contribution in [-0.2, 0) is 4.79 Å². The third-order valence-electron chi connectivity index (χ3n) is 5.01. The molecule has 0 fully saturated rings. The summed E-state index contributed by atoms with van der Waals surface area (Å²) in [5.41, 5.74) is 4.55. The zero-order chi connectivity index (χ0) is 22.2. The Bertz CT molecular complexity index is 327. The molecule has 0 saturated heterocycles. The number of nitrogens with one attached hydrogen (secondary N) is 1. The maximum absolute atomic E-state index is 10.6. The van der Waals surface area contributed by atoms with Crippen molar-refractivity contribution in [3.8, 4) is 0 Å². The molecule has 0 spiro atoms. The van der Waals surface area contributed by atoms with Crippen LogP contribution in [0.5, 0.6) is 0 Å². The predicted octanol–water partition coefficient (Wildman–Crippen LogP) is 6.49. The first-order valence-corrected chi connectivity index (χ1v) is 12.5. The van der Waals surface area contributed by atoms with Gasteiger partial charge in [0.15, 0.2) is 0 Å². The van der Waals surface area contributed by atoms with Crippen molar-refractivity contribution < 1.29 is 9.90 Å².